The summed E-state index contributed by atoms with van der Waals surface area (Å²) in [7, 11) is 1.54. The van der Waals surface area contributed by atoms with Crippen LogP contribution < -0.4 is 10.9 Å². The summed E-state index contributed by atoms with van der Waals surface area (Å²) < 4.78 is 2.16. The van der Waals surface area contributed by atoms with E-state index >= 15 is 0 Å². The summed E-state index contributed by atoms with van der Waals surface area (Å²) in [5.41, 5.74) is 1.69. The van der Waals surface area contributed by atoms with E-state index < -0.39 is 0 Å². The number of aryl methyl sites for hydroxylation is 2. The van der Waals surface area contributed by atoms with E-state index in [0.29, 0.717) is 16.5 Å². The van der Waals surface area contributed by atoms with Crippen molar-refractivity contribution in [2.24, 2.45) is 7.05 Å². The standard InChI is InChI=1S/C17H14BrN3O2/c1-10-9-11(7-8-14(10)18)19-16(22)15-12-5-3-4-6-13(12)17(23)21(2)20-15/h3-9H,1-2H3,(H,19,22). The van der Waals surface area contributed by atoms with Gasteiger partial charge in [0, 0.05) is 22.6 Å². The van der Waals surface area contributed by atoms with E-state index in [1.54, 1.807) is 30.3 Å². The number of halogens is 1. The predicted molar refractivity (Wildman–Crippen MR) is 93.8 cm³/mol. The van der Waals surface area contributed by atoms with Crippen molar-refractivity contribution in [1.29, 1.82) is 0 Å². The number of anilines is 1. The lowest BCUT2D eigenvalue weighted by Crippen LogP contribution is -2.25. The largest absolute Gasteiger partial charge is 0.321 e. The van der Waals surface area contributed by atoms with Crippen molar-refractivity contribution >= 4 is 38.3 Å². The van der Waals surface area contributed by atoms with Gasteiger partial charge >= 0.3 is 0 Å². The minimum atomic E-state index is -0.349. The Morgan fingerprint density at radius 2 is 1.87 bits per heavy atom. The Morgan fingerprint density at radius 1 is 1.17 bits per heavy atom. The van der Waals surface area contributed by atoms with Crippen molar-refractivity contribution in [2.75, 3.05) is 5.32 Å². The van der Waals surface area contributed by atoms with Crippen LogP contribution in [0.15, 0.2) is 51.7 Å². The molecule has 0 saturated carbocycles. The van der Waals surface area contributed by atoms with Crippen LogP contribution in [0.3, 0.4) is 0 Å². The highest BCUT2D eigenvalue weighted by Crippen LogP contribution is 2.21. The van der Waals surface area contributed by atoms with Gasteiger partial charge in [-0.15, -0.1) is 0 Å². The van der Waals surface area contributed by atoms with E-state index in [1.807, 2.05) is 19.1 Å². The first-order valence-electron chi connectivity index (χ1n) is 7.01. The highest BCUT2D eigenvalue weighted by Gasteiger charge is 2.15. The third-order valence-electron chi connectivity index (χ3n) is 3.59. The molecule has 0 fully saturated rings. The molecule has 1 aromatic heterocycles. The van der Waals surface area contributed by atoms with Gasteiger partial charge in [-0.05, 0) is 36.8 Å². The highest BCUT2D eigenvalue weighted by atomic mass is 79.9. The third kappa shape index (κ3) is 2.90. The molecule has 2 aromatic carbocycles. The molecule has 0 aliphatic rings. The molecule has 0 bridgehead atoms. The van der Waals surface area contributed by atoms with E-state index in [-0.39, 0.29) is 17.2 Å². The van der Waals surface area contributed by atoms with Crippen LogP contribution in [0.4, 0.5) is 5.69 Å². The van der Waals surface area contributed by atoms with Crippen molar-refractivity contribution in [3.8, 4) is 0 Å². The molecule has 3 rings (SSSR count). The Labute approximate surface area is 141 Å². The quantitative estimate of drug-likeness (QED) is 0.751. The van der Waals surface area contributed by atoms with Crippen LogP contribution in [0.1, 0.15) is 16.1 Å². The van der Waals surface area contributed by atoms with Gasteiger partial charge in [-0.2, -0.15) is 5.10 Å². The van der Waals surface area contributed by atoms with Crippen molar-refractivity contribution in [2.45, 2.75) is 6.92 Å². The fourth-order valence-corrected chi connectivity index (χ4v) is 2.63. The van der Waals surface area contributed by atoms with Crippen molar-refractivity contribution in [3.05, 3.63) is 68.5 Å². The number of nitrogens with one attached hydrogen (secondary N) is 1. The molecule has 3 aromatic rings. The molecule has 23 heavy (non-hydrogen) atoms. The van der Waals surface area contributed by atoms with Crippen molar-refractivity contribution < 1.29 is 4.79 Å². The van der Waals surface area contributed by atoms with Gasteiger partial charge in [-0.1, -0.05) is 34.1 Å². The van der Waals surface area contributed by atoms with Crippen LogP contribution in [0.25, 0.3) is 10.8 Å². The summed E-state index contributed by atoms with van der Waals surface area (Å²) in [6.45, 7) is 1.94. The van der Waals surface area contributed by atoms with E-state index in [9.17, 15) is 9.59 Å². The maximum atomic E-state index is 12.6. The normalized spacial score (nSPS) is 10.7. The Kier molecular flexibility index (Phi) is 4.00. The molecule has 0 unspecified atom stereocenters. The van der Waals surface area contributed by atoms with Crippen molar-refractivity contribution in [3.63, 3.8) is 0 Å². The number of hydrogen-bond donors (Lipinski definition) is 1. The topological polar surface area (TPSA) is 64.0 Å². The summed E-state index contributed by atoms with van der Waals surface area (Å²) >= 11 is 3.43. The fourth-order valence-electron chi connectivity index (χ4n) is 2.38. The molecule has 6 heteroatoms. The van der Waals surface area contributed by atoms with Crippen molar-refractivity contribution in [1.82, 2.24) is 9.78 Å². The number of amides is 1. The summed E-state index contributed by atoms with van der Waals surface area (Å²) in [6, 6.07) is 12.5. The number of benzene rings is 2. The first-order chi connectivity index (χ1) is 11.0. The molecule has 0 atom stereocenters. The second-order valence-corrected chi connectivity index (χ2v) is 6.10. The lowest BCUT2D eigenvalue weighted by Gasteiger charge is -2.10. The Morgan fingerprint density at radius 3 is 2.57 bits per heavy atom. The second-order valence-electron chi connectivity index (χ2n) is 5.24. The Bertz CT molecular complexity index is 979. The molecule has 0 aliphatic heterocycles. The van der Waals surface area contributed by atoms with Gasteiger partial charge in [0.15, 0.2) is 5.69 Å². The summed E-state index contributed by atoms with van der Waals surface area (Å²) in [5, 5.41) is 7.96. The molecular weight excluding hydrogens is 358 g/mol. The average molecular weight is 372 g/mol. The van der Waals surface area contributed by atoms with Crippen LogP contribution in [-0.4, -0.2) is 15.7 Å². The predicted octanol–water partition coefficient (Wildman–Crippen LogP) is 3.26. The minimum absolute atomic E-state index is 0.225. The second kappa shape index (κ2) is 5.96. The number of aromatic nitrogens is 2. The summed E-state index contributed by atoms with van der Waals surface area (Å²) in [6.07, 6.45) is 0. The number of carbonyl (C=O) groups excluding carboxylic acids is 1. The van der Waals surface area contributed by atoms with Gasteiger partial charge in [-0.25, -0.2) is 4.68 Å². The fraction of sp³-hybridized carbons (Fsp3) is 0.118. The van der Waals surface area contributed by atoms with Crippen LogP contribution >= 0.6 is 15.9 Å². The van der Waals surface area contributed by atoms with E-state index in [2.05, 4.69) is 26.3 Å². The smallest absolute Gasteiger partial charge is 0.276 e. The summed E-state index contributed by atoms with van der Waals surface area (Å²) in [4.78, 5) is 24.7. The SMILES string of the molecule is Cc1cc(NC(=O)c2nn(C)c(=O)c3ccccc23)ccc1Br. The number of hydrogen-bond acceptors (Lipinski definition) is 3. The maximum Gasteiger partial charge on any atom is 0.276 e. The van der Waals surface area contributed by atoms with Gasteiger partial charge < -0.3 is 5.32 Å². The van der Waals surface area contributed by atoms with Gasteiger partial charge in [0.25, 0.3) is 11.5 Å². The highest BCUT2D eigenvalue weighted by molar-refractivity contribution is 9.10. The Hall–Kier alpha value is -2.47. The zero-order chi connectivity index (χ0) is 16.6. The zero-order valence-corrected chi connectivity index (χ0v) is 14.2. The summed E-state index contributed by atoms with van der Waals surface area (Å²) in [5.74, 6) is -0.349. The van der Waals surface area contributed by atoms with E-state index in [4.69, 9.17) is 0 Å². The number of nitrogens with zero attached hydrogens (tertiary/aromatic N) is 2. The van der Waals surface area contributed by atoms with E-state index in [1.165, 1.54) is 11.7 Å². The first kappa shape index (κ1) is 15.4. The van der Waals surface area contributed by atoms with Gasteiger partial charge in [0.1, 0.15) is 0 Å². The van der Waals surface area contributed by atoms with Gasteiger partial charge in [0.2, 0.25) is 0 Å². The average Bonchev–Trinajstić information content (AvgIpc) is 2.54. The number of fused-ring (bicyclic) bond motifs is 1. The molecule has 0 spiro atoms. The molecule has 0 saturated heterocycles. The van der Waals surface area contributed by atoms with E-state index in [0.717, 1.165) is 10.0 Å². The molecule has 1 heterocycles. The molecule has 116 valence electrons. The van der Waals surface area contributed by atoms with Crippen LogP contribution in [0, 0.1) is 6.92 Å². The molecule has 1 N–H and O–H groups in total. The molecule has 0 radical (unpaired) electrons. The number of rotatable bonds is 2. The van der Waals surface area contributed by atoms with Crippen LogP contribution in [0.5, 0.6) is 0 Å². The van der Waals surface area contributed by atoms with Crippen LogP contribution in [0.2, 0.25) is 0 Å². The molecular formula is C17H14BrN3O2. The van der Waals surface area contributed by atoms with Gasteiger partial charge in [0.05, 0.1) is 5.39 Å². The molecule has 5 nitrogen and oxygen atoms in total. The maximum absolute atomic E-state index is 12.6. The zero-order valence-electron chi connectivity index (χ0n) is 12.6. The number of carbonyl (C=O) groups is 1. The monoisotopic (exact) mass is 371 g/mol. The third-order valence-corrected chi connectivity index (χ3v) is 4.48. The Balaban J connectivity index is 2.06. The minimum Gasteiger partial charge on any atom is -0.321 e. The van der Waals surface area contributed by atoms with Gasteiger partial charge in [-0.3, -0.25) is 9.59 Å². The molecule has 0 aliphatic carbocycles. The lowest BCUT2D eigenvalue weighted by atomic mass is 10.1. The first-order valence-corrected chi connectivity index (χ1v) is 7.80. The molecule has 1 amide bonds. The lowest BCUT2D eigenvalue weighted by molar-refractivity contribution is 0.102. The van der Waals surface area contributed by atoms with Crippen LogP contribution in [-0.2, 0) is 7.05 Å².